The van der Waals surface area contributed by atoms with Gasteiger partial charge in [0, 0.05) is 13.0 Å². The molecule has 1 aliphatic rings. The van der Waals surface area contributed by atoms with Gasteiger partial charge in [-0.2, -0.15) is 0 Å². The third-order valence-electron chi connectivity index (χ3n) is 4.63. The largest absolute Gasteiger partial charge is 0.481 e. The number of imide groups is 1. The van der Waals surface area contributed by atoms with Crippen LogP contribution in [0.15, 0.2) is 0 Å². The third-order valence-corrected chi connectivity index (χ3v) is 4.63. The van der Waals surface area contributed by atoms with Crippen LogP contribution in [0.4, 0.5) is 0 Å². The second-order valence-corrected chi connectivity index (χ2v) is 6.25. The van der Waals surface area contributed by atoms with Crippen molar-refractivity contribution in [2.45, 2.75) is 47.5 Å². The topological polar surface area (TPSA) is 74.7 Å². The van der Waals surface area contributed by atoms with Crippen molar-refractivity contribution < 1.29 is 19.5 Å². The number of carbonyl (C=O) groups excluding carboxylic acids is 2. The molecular formula is C14H23NO4. The van der Waals surface area contributed by atoms with Gasteiger partial charge in [-0.1, -0.05) is 20.8 Å². The standard InChI is InChI=1S/C14H23NO4/c1-6-13(4,12(18)19)8-15-10(16)7-14(5,9(2)3)11(15)17/h9H,6-8H2,1-5H3,(H,18,19). The zero-order valence-electron chi connectivity index (χ0n) is 12.3. The highest BCUT2D eigenvalue weighted by molar-refractivity contribution is 6.06. The molecule has 1 saturated heterocycles. The van der Waals surface area contributed by atoms with Crippen LogP contribution in [0, 0.1) is 16.7 Å². The van der Waals surface area contributed by atoms with Crippen LogP contribution >= 0.6 is 0 Å². The number of rotatable bonds is 5. The van der Waals surface area contributed by atoms with Gasteiger partial charge in [0.15, 0.2) is 0 Å². The van der Waals surface area contributed by atoms with E-state index in [0.717, 1.165) is 4.90 Å². The second-order valence-electron chi connectivity index (χ2n) is 6.25. The number of aliphatic carboxylic acids is 1. The summed E-state index contributed by atoms with van der Waals surface area (Å²) in [6.07, 6.45) is 0.542. The van der Waals surface area contributed by atoms with E-state index >= 15 is 0 Å². The number of carboxylic acids is 1. The molecule has 2 unspecified atom stereocenters. The molecule has 1 aliphatic heterocycles. The van der Waals surface area contributed by atoms with Crippen molar-refractivity contribution in [2.75, 3.05) is 6.54 Å². The van der Waals surface area contributed by atoms with Crippen molar-refractivity contribution in [3.8, 4) is 0 Å². The lowest BCUT2D eigenvalue weighted by Crippen LogP contribution is -2.45. The minimum absolute atomic E-state index is 0.0428. The Hall–Kier alpha value is -1.39. The lowest BCUT2D eigenvalue weighted by atomic mass is 9.77. The first kappa shape index (κ1) is 15.7. The monoisotopic (exact) mass is 269 g/mol. The quantitative estimate of drug-likeness (QED) is 0.774. The molecular weight excluding hydrogens is 246 g/mol. The molecule has 2 atom stereocenters. The van der Waals surface area contributed by atoms with Crippen molar-refractivity contribution >= 4 is 17.8 Å². The average Bonchev–Trinajstić information content (AvgIpc) is 2.53. The number of nitrogens with zero attached hydrogens (tertiary/aromatic N) is 1. The molecule has 19 heavy (non-hydrogen) atoms. The maximum atomic E-state index is 12.4. The van der Waals surface area contributed by atoms with Crippen molar-refractivity contribution in [3.63, 3.8) is 0 Å². The van der Waals surface area contributed by atoms with Gasteiger partial charge in [-0.25, -0.2) is 0 Å². The van der Waals surface area contributed by atoms with Crippen LogP contribution < -0.4 is 0 Å². The van der Waals surface area contributed by atoms with Gasteiger partial charge < -0.3 is 5.11 Å². The Bertz CT molecular complexity index is 418. The molecule has 108 valence electrons. The molecule has 0 aromatic rings. The molecule has 0 bridgehead atoms. The molecule has 2 amide bonds. The molecule has 1 heterocycles. The fraction of sp³-hybridized carbons (Fsp3) is 0.786. The van der Waals surface area contributed by atoms with Crippen LogP contribution in [0.1, 0.15) is 47.5 Å². The SMILES string of the molecule is CCC(C)(CN1C(=O)CC(C)(C(C)C)C1=O)C(=O)O. The number of carbonyl (C=O) groups is 3. The fourth-order valence-corrected chi connectivity index (χ4v) is 2.20. The molecule has 0 radical (unpaired) electrons. The van der Waals surface area contributed by atoms with E-state index in [-0.39, 0.29) is 30.7 Å². The summed E-state index contributed by atoms with van der Waals surface area (Å²) in [5.74, 6) is -1.43. The predicted octanol–water partition coefficient (Wildman–Crippen LogP) is 1.91. The van der Waals surface area contributed by atoms with Crippen molar-refractivity contribution in [1.29, 1.82) is 0 Å². The van der Waals surface area contributed by atoms with Crippen molar-refractivity contribution in [1.82, 2.24) is 4.90 Å². The minimum atomic E-state index is -1.08. The Balaban J connectivity index is 3.01. The van der Waals surface area contributed by atoms with Crippen LogP contribution in [0.2, 0.25) is 0 Å². The van der Waals surface area contributed by atoms with Crippen LogP contribution in [-0.4, -0.2) is 34.3 Å². The highest BCUT2D eigenvalue weighted by atomic mass is 16.4. The van der Waals surface area contributed by atoms with E-state index in [1.165, 1.54) is 0 Å². The van der Waals surface area contributed by atoms with Gasteiger partial charge in [0.2, 0.25) is 11.8 Å². The predicted molar refractivity (Wildman–Crippen MR) is 70.3 cm³/mol. The minimum Gasteiger partial charge on any atom is -0.481 e. The van der Waals surface area contributed by atoms with Gasteiger partial charge in [-0.05, 0) is 26.2 Å². The number of amides is 2. The van der Waals surface area contributed by atoms with Gasteiger partial charge in [0.05, 0.1) is 10.8 Å². The number of carboxylic acid groups (broad SMARTS) is 1. The first-order chi connectivity index (χ1) is 8.58. The lowest BCUT2D eigenvalue weighted by molar-refractivity contribution is -0.153. The Morgan fingerprint density at radius 1 is 1.47 bits per heavy atom. The summed E-state index contributed by atoms with van der Waals surface area (Å²) in [4.78, 5) is 36.9. The summed E-state index contributed by atoms with van der Waals surface area (Å²) >= 11 is 0. The molecule has 0 aromatic heterocycles. The molecule has 0 saturated carbocycles. The zero-order chi connectivity index (χ0) is 15.0. The van der Waals surface area contributed by atoms with E-state index in [2.05, 4.69) is 0 Å². The molecule has 5 nitrogen and oxygen atoms in total. The number of likely N-dealkylation sites (tertiary alicyclic amines) is 1. The summed E-state index contributed by atoms with van der Waals surface area (Å²) in [5, 5.41) is 9.26. The Labute approximate surface area is 114 Å². The summed E-state index contributed by atoms with van der Waals surface area (Å²) < 4.78 is 0. The highest BCUT2D eigenvalue weighted by Crippen LogP contribution is 2.40. The third kappa shape index (κ3) is 2.51. The zero-order valence-corrected chi connectivity index (χ0v) is 12.3. The highest BCUT2D eigenvalue weighted by Gasteiger charge is 2.52. The summed E-state index contributed by atoms with van der Waals surface area (Å²) in [5.41, 5.74) is -1.78. The molecule has 1 N–H and O–H groups in total. The van der Waals surface area contributed by atoms with Gasteiger partial charge in [-0.3, -0.25) is 19.3 Å². The van der Waals surface area contributed by atoms with Crippen LogP contribution in [0.5, 0.6) is 0 Å². The van der Waals surface area contributed by atoms with Crippen molar-refractivity contribution in [3.05, 3.63) is 0 Å². The van der Waals surface area contributed by atoms with E-state index in [9.17, 15) is 19.5 Å². The molecule has 0 spiro atoms. The lowest BCUT2D eigenvalue weighted by Gasteiger charge is -2.30. The van der Waals surface area contributed by atoms with Crippen LogP contribution in [0.3, 0.4) is 0 Å². The summed E-state index contributed by atoms with van der Waals surface area (Å²) in [6, 6.07) is 0. The van der Waals surface area contributed by atoms with E-state index in [1.807, 2.05) is 13.8 Å². The second kappa shape index (κ2) is 4.94. The van der Waals surface area contributed by atoms with E-state index < -0.39 is 16.8 Å². The first-order valence-electron chi connectivity index (χ1n) is 6.66. The molecule has 0 aliphatic carbocycles. The molecule has 1 rings (SSSR count). The van der Waals surface area contributed by atoms with Gasteiger partial charge in [0.25, 0.3) is 0 Å². The van der Waals surface area contributed by atoms with E-state index in [1.54, 1.807) is 20.8 Å². The van der Waals surface area contributed by atoms with E-state index in [0.29, 0.717) is 6.42 Å². The van der Waals surface area contributed by atoms with Gasteiger partial charge >= 0.3 is 5.97 Å². The molecule has 5 heteroatoms. The Kier molecular flexibility index (Phi) is 4.08. The first-order valence-corrected chi connectivity index (χ1v) is 6.66. The van der Waals surface area contributed by atoms with Gasteiger partial charge in [0.1, 0.15) is 0 Å². The Morgan fingerprint density at radius 3 is 2.32 bits per heavy atom. The Morgan fingerprint density at radius 2 is 2.00 bits per heavy atom. The smallest absolute Gasteiger partial charge is 0.311 e. The number of hydrogen-bond acceptors (Lipinski definition) is 3. The van der Waals surface area contributed by atoms with Gasteiger partial charge in [-0.15, -0.1) is 0 Å². The fourth-order valence-electron chi connectivity index (χ4n) is 2.20. The maximum absolute atomic E-state index is 12.4. The number of hydrogen-bond donors (Lipinski definition) is 1. The molecule has 1 fully saturated rings. The van der Waals surface area contributed by atoms with Crippen molar-refractivity contribution in [2.24, 2.45) is 16.7 Å². The average molecular weight is 269 g/mol. The molecule has 0 aromatic carbocycles. The summed E-state index contributed by atoms with van der Waals surface area (Å²) in [6.45, 7) is 8.87. The summed E-state index contributed by atoms with van der Waals surface area (Å²) in [7, 11) is 0. The normalized spacial score (nSPS) is 26.9. The maximum Gasteiger partial charge on any atom is 0.311 e. The van der Waals surface area contributed by atoms with Crippen LogP contribution in [-0.2, 0) is 14.4 Å². The van der Waals surface area contributed by atoms with Crippen LogP contribution in [0.25, 0.3) is 0 Å². The van der Waals surface area contributed by atoms with E-state index in [4.69, 9.17) is 0 Å².